The Morgan fingerprint density at radius 3 is 0.933 bits per heavy atom. The van der Waals surface area contributed by atoms with E-state index in [2.05, 4.69) is 194 Å². The monoisotopic (exact) mass is 1150 g/mol. The zero-order chi connectivity index (χ0) is 60.0. The van der Waals surface area contributed by atoms with Crippen LogP contribution in [0.4, 0.5) is 0 Å². The van der Waals surface area contributed by atoms with Gasteiger partial charge in [0.1, 0.15) is 11.0 Å². The Kier molecular flexibility index (Phi) is 14.9. The first-order chi connectivity index (χ1) is 44.5. The standard InChI is InChI=1S/2C41H27N3O/c1-4-12-28(13-5-1)29-20-22-31(23-21-29)37-27-36(30-14-6-2-7-15-30)42-40(43-37)35-19-11-10-18-34(35)33-24-25-39-38(26-33)44-41(45-39)32-16-8-3-9-17-32;1-4-11-28(12-5-1)29-19-21-31(22-20-29)37-27-36(30-13-6-2-7-14-30)42-40(43-37)35-18-10-17-33(25-35)34-23-24-39-38(26-34)44-41(45-39)32-15-8-3-9-16-32/h2*1-27H. The van der Waals surface area contributed by atoms with Gasteiger partial charge in [-0.05, 0) is 111 Å². The fourth-order valence-corrected chi connectivity index (χ4v) is 11.3. The molecule has 0 spiro atoms. The normalized spacial score (nSPS) is 11.1. The van der Waals surface area contributed by atoms with Gasteiger partial charge in [0.15, 0.2) is 22.8 Å². The Labute approximate surface area is 520 Å². The van der Waals surface area contributed by atoms with E-state index in [1.54, 1.807) is 0 Å². The lowest BCUT2D eigenvalue weighted by molar-refractivity contribution is 0.619. The van der Waals surface area contributed by atoms with E-state index in [9.17, 15) is 0 Å². The van der Waals surface area contributed by atoms with Gasteiger partial charge in [-0.2, -0.15) is 0 Å². The summed E-state index contributed by atoms with van der Waals surface area (Å²) >= 11 is 0. The molecule has 4 heterocycles. The molecule has 0 saturated carbocycles. The van der Waals surface area contributed by atoms with Crippen LogP contribution in [0.3, 0.4) is 0 Å². The van der Waals surface area contributed by atoms with Crippen molar-refractivity contribution in [1.29, 1.82) is 0 Å². The van der Waals surface area contributed by atoms with Crippen molar-refractivity contribution in [3.63, 3.8) is 0 Å². The van der Waals surface area contributed by atoms with Crippen molar-refractivity contribution in [2.75, 3.05) is 0 Å². The Balaban J connectivity index is 0.000000150. The third kappa shape index (κ3) is 11.6. The molecule has 424 valence electrons. The summed E-state index contributed by atoms with van der Waals surface area (Å²) in [6, 6.07) is 112. The van der Waals surface area contributed by atoms with E-state index in [0.29, 0.717) is 23.4 Å². The number of aromatic nitrogens is 6. The lowest BCUT2D eigenvalue weighted by Crippen LogP contribution is -1.97. The van der Waals surface area contributed by atoms with Crippen molar-refractivity contribution in [3.8, 4) is 135 Å². The van der Waals surface area contributed by atoms with Crippen LogP contribution in [-0.4, -0.2) is 29.9 Å². The average Bonchev–Trinajstić information content (AvgIpc) is 1.68. The highest BCUT2D eigenvalue weighted by atomic mass is 16.4. The molecule has 0 N–H and O–H groups in total. The molecule has 16 aromatic rings. The number of benzene rings is 12. The molecule has 0 amide bonds. The van der Waals surface area contributed by atoms with Crippen molar-refractivity contribution in [3.05, 3.63) is 328 Å². The highest BCUT2D eigenvalue weighted by Gasteiger charge is 2.18. The summed E-state index contributed by atoms with van der Waals surface area (Å²) in [6.45, 7) is 0. The van der Waals surface area contributed by atoms with E-state index in [4.69, 9.17) is 38.7 Å². The van der Waals surface area contributed by atoms with E-state index in [1.165, 1.54) is 22.3 Å². The molecule has 0 aliphatic carbocycles. The first-order valence-corrected chi connectivity index (χ1v) is 29.9. The minimum Gasteiger partial charge on any atom is -0.436 e. The molecule has 0 saturated heterocycles. The molecular weight excluding hydrogens is 1100 g/mol. The minimum absolute atomic E-state index is 0.609. The van der Waals surface area contributed by atoms with E-state index >= 15 is 0 Å². The predicted molar refractivity (Wildman–Crippen MR) is 364 cm³/mol. The van der Waals surface area contributed by atoms with Gasteiger partial charge in [0.25, 0.3) is 0 Å². The predicted octanol–water partition coefficient (Wildman–Crippen LogP) is 21.2. The van der Waals surface area contributed by atoms with Crippen molar-refractivity contribution in [1.82, 2.24) is 29.9 Å². The SMILES string of the molecule is c1ccc(-c2ccc(-c3cc(-c4ccccc4)nc(-c4cccc(-c5ccc6oc(-c7ccccc7)nc6c5)c4)n3)cc2)cc1.c1ccc(-c2ccc(-c3cc(-c4ccccc4)nc(-c4ccccc4-c4ccc5oc(-c6ccccc6)nc5c4)n3)cc2)cc1. The molecule has 0 bridgehead atoms. The van der Waals surface area contributed by atoms with Gasteiger partial charge in [0, 0.05) is 44.5 Å². The van der Waals surface area contributed by atoms with Gasteiger partial charge in [0.05, 0.1) is 22.8 Å². The molecular formula is C82H54N6O2. The lowest BCUT2D eigenvalue weighted by Gasteiger charge is -2.13. The van der Waals surface area contributed by atoms with Crippen LogP contribution in [0.2, 0.25) is 0 Å². The van der Waals surface area contributed by atoms with E-state index in [-0.39, 0.29) is 0 Å². The maximum absolute atomic E-state index is 6.09. The van der Waals surface area contributed by atoms with Gasteiger partial charge in [-0.25, -0.2) is 29.9 Å². The van der Waals surface area contributed by atoms with E-state index in [1.807, 2.05) is 133 Å². The van der Waals surface area contributed by atoms with Crippen LogP contribution in [0.15, 0.2) is 336 Å². The number of nitrogens with zero attached hydrogens (tertiary/aromatic N) is 6. The highest BCUT2D eigenvalue weighted by molar-refractivity contribution is 5.89. The summed E-state index contributed by atoms with van der Waals surface area (Å²) in [4.78, 5) is 30.0. The maximum atomic E-state index is 6.09. The topological polar surface area (TPSA) is 104 Å². The summed E-state index contributed by atoms with van der Waals surface area (Å²) in [5, 5.41) is 0. The van der Waals surface area contributed by atoms with Crippen LogP contribution in [-0.2, 0) is 0 Å². The minimum atomic E-state index is 0.609. The van der Waals surface area contributed by atoms with Crippen LogP contribution in [0, 0.1) is 0 Å². The summed E-state index contributed by atoms with van der Waals surface area (Å²) in [5.41, 5.74) is 23.5. The largest absolute Gasteiger partial charge is 0.436 e. The van der Waals surface area contributed by atoms with E-state index in [0.717, 1.165) is 112 Å². The molecule has 4 aromatic heterocycles. The van der Waals surface area contributed by atoms with Crippen molar-refractivity contribution in [2.24, 2.45) is 0 Å². The third-order valence-corrected chi connectivity index (χ3v) is 15.9. The molecule has 0 atom stereocenters. The molecule has 0 unspecified atom stereocenters. The van der Waals surface area contributed by atoms with Crippen molar-refractivity contribution in [2.45, 2.75) is 0 Å². The van der Waals surface area contributed by atoms with Gasteiger partial charge >= 0.3 is 0 Å². The molecule has 8 heteroatoms. The quantitative estimate of drug-likeness (QED) is 0.119. The maximum Gasteiger partial charge on any atom is 0.227 e. The van der Waals surface area contributed by atoms with Gasteiger partial charge in [-0.3, -0.25) is 0 Å². The number of hydrogen-bond acceptors (Lipinski definition) is 8. The Hall–Kier alpha value is -12.3. The van der Waals surface area contributed by atoms with Crippen molar-refractivity contribution >= 4 is 22.2 Å². The Morgan fingerprint density at radius 2 is 0.478 bits per heavy atom. The molecule has 90 heavy (non-hydrogen) atoms. The van der Waals surface area contributed by atoms with Gasteiger partial charge in [-0.1, -0.05) is 261 Å². The number of rotatable bonds is 12. The lowest BCUT2D eigenvalue weighted by atomic mass is 9.98. The highest BCUT2D eigenvalue weighted by Crippen LogP contribution is 2.38. The fourth-order valence-electron chi connectivity index (χ4n) is 11.3. The average molecular weight is 1160 g/mol. The van der Waals surface area contributed by atoms with Crippen LogP contribution >= 0.6 is 0 Å². The summed E-state index contributed by atoms with van der Waals surface area (Å²) in [6.07, 6.45) is 0. The molecule has 0 aliphatic rings. The smallest absolute Gasteiger partial charge is 0.227 e. The van der Waals surface area contributed by atoms with Crippen LogP contribution in [0.5, 0.6) is 0 Å². The van der Waals surface area contributed by atoms with Gasteiger partial charge in [-0.15, -0.1) is 0 Å². The summed E-state index contributed by atoms with van der Waals surface area (Å²) in [5.74, 6) is 2.57. The van der Waals surface area contributed by atoms with Crippen molar-refractivity contribution < 1.29 is 8.83 Å². The number of hydrogen-bond donors (Lipinski definition) is 0. The molecule has 0 fully saturated rings. The van der Waals surface area contributed by atoms with Crippen LogP contribution in [0.25, 0.3) is 157 Å². The summed E-state index contributed by atoms with van der Waals surface area (Å²) < 4.78 is 12.1. The van der Waals surface area contributed by atoms with Crippen LogP contribution in [0.1, 0.15) is 0 Å². The first-order valence-electron chi connectivity index (χ1n) is 29.9. The second kappa shape index (κ2) is 24.6. The third-order valence-electron chi connectivity index (χ3n) is 15.9. The molecule has 12 aromatic carbocycles. The Bertz CT molecular complexity index is 5140. The van der Waals surface area contributed by atoms with E-state index < -0.39 is 0 Å². The zero-order valence-electron chi connectivity index (χ0n) is 48.7. The molecule has 0 radical (unpaired) electrons. The zero-order valence-corrected chi connectivity index (χ0v) is 48.7. The second-order valence-corrected chi connectivity index (χ2v) is 21.8. The molecule has 8 nitrogen and oxygen atoms in total. The fraction of sp³-hybridized carbons (Fsp3) is 0. The summed E-state index contributed by atoms with van der Waals surface area (Å²) in [7, 11) is 0. The van der Waals surface area contributed by atoms with Crippen LogP contribution < -0.4 is 0 Å². The second-order valence-electron chi connectivity index (χ2n) is 21.8. The van der Waals surface area contributed by atoms with Gasteiger partial charge in [0.2, 0.25) is 11.8 Å². The number of oxazole rings is 2. The molecule has 16 rings (SSSR count). The first kappa shape index (κ1) is 54.4. The molecule has 0 aliphatic heterocycles. The number of fused-ring (bicyclic) bond motifs is 2. The van der Waals surface area contributed by atoms with Gasteiger partial charge < -0.3 is 8.83 Å². The Morgan fingerprint density at radius 1 is 0.178 bits per heavy atom.